The molecule has 1 aliphatic rings. The number of rotatable bonds is 5. The predicted molar refractivity (Wildman–Crippen MR) is 92.3 cm³/mol. The Hall–Kier alpha value is -0.740. The Morgan fingerprint density at radius 2 is 2.00 bits per heavy atom. The van der Waals surface area contributed by atoms with E-state index in [0.717, 1.165) is 23.3 Å². The highest BCUT2D eigenvalue weighted by Crippen LogP contribution is 2.23. The molecular weight excluding hydrogens is 284 g/mol. The average Bonchev–Trinajstić information content (AvgIpc) is 2.47. The van der Waals surface area contributed by atoms with Crippen molar-refractivity contribution in [2.24, 2.45) is 5.92 Å². The first kappa shape index (κ1) is 15.6. The van der Waals surface area contributed by atoms with Gasteiger partial charge in [-0.15, -0.1) is 11.8 Å². The van der Waals surface area contributed by atoms with E-state index in [2.05, 4.69) is 41.8 Å². The Labute approximate surface area is 132 Å². The molecule has 1 aromatic carbocycles. The van der Waals surface area contributed by atoms with Gasteiger partial charge in [-0.05, 0) is 43.1 Å². The van der Waals surface area contributed by atoms with Crippen LogP contribution in [0.1, 0.15) is 32.6 Å². The summed E-state index contributed by atoms with van der Waals surface area (Å²) in [5.41, 5.74) is 0. The molecule has 110 valence electrons. The second-order valence-corrected chi connectivity index (χ2v) is 7.01. The maximum Gasteiger partial charge on any atom is 0.166 e. The molecule has 0 radical (unpaired) electrons. The standard InChI is InChI=1S/C16H24N2S2/c1-13-7-5-6-10-15(13)18-16(19)17-11-12-20-14-8-3-2-4-9-14/h2-4,8-9,13,15H,5-7,10-12H2,1H3,(H2,17,18,19)/t13-,15+/m0/s1. The van der Waals surface area contributed by atoms with Gasteiger partial charge in [0.1, 0.15) is 0 Å². The van der Waals surface area contributed by atoms with Crippen LogP contribution < -0.4 is 10.6 Å². The lowest BCUT2D eigenvalue weighted by atomic mass is 9.86. The van der Waals surface area contributed by atoms with Gasteiger partial charge in [-0.25, -0.2) is 0 Å². The third-order valence-electron chi connectivity index (χ3n) is 3.83. The third kappa shape index (κ3) is 5.33. The predicted octanol–water partition coefficient (Wildman–Crippen LogP) is 3.82. The molecule has 0 bridgehead atoms. The molecule has 0 saturated heterocycles. The van der Waals surface area contributed by atoms with Gasteiger partial charge in [-0.2, -0.15) is 0 Å². The van der Waals surface area contributed by atoms with Gasteiger partial charge in [-0.3, -0.25) is 0 Å². The zero-order valence-corrected chi connectivity index (χ0v) is 13.7. The Morgan fingerprint density at radius 1 is 1.25 bits per heavy atom. The first-order chi connectivity index (χ1) is 9.75. The minimum Gasteiger partial charge on any atom is -0.362 e. The monoisotopic (exact) mass is 308 g/mol. The largest absolute Gasteiger partial charge is 0.362 e. The topological polar surface area (TPSA) is 24.1 Å². The zero-order chi connectivity index (χ0) is 14.2. The Balaban J connectivity index is 1.60. The average molecular weight is 309 g/mol. The number of benzene rings is 1. The molecule has 0 aromatic heterocycles. The van der Waals surface area contributed by atoms with E-state index in [1.807, 2.05) is 17.8 Å². The van der Waals surface area contributed by atoms with E-state index in [0.29, 0.717) is 6.04 Å². The number of hydrogen-bond donors (Lipinski definition) is 2. The second kappa shape index (κ2) is 8.53. The molecule has 0 aliphatic heterocycles. The number of nitrogens with one attached hydrogen (secondary N) is 2. The van der Waals surface area contributed by atoms with E-state index < -0.39 is 0 Å². The summed E-state index contributed by atoms with van der Waals surface area (Å²) < 4.78 is 0. The first-order valence-electron chi connectivity index (χ1n) is 7.48. The highest BCUT2D eigenvalue weighted by molar-refractivity contribution is 7.99. The SMILES string of the molecule is C[C@H]1CCCC[C@H]1NC(=S)NCCSc1ccccc1. The van der Waals surface area contributed by atoms with Gasteiger partial charge >= 0.3 is 0 Å². The molecule has 0 heterocycles. The summed E-state index contributed by atoms with van der Waals surface area (Å²) in [6.45, 7) is 3.23. The van der Waals surface area contributed by atoms with Gasteiger partial charge in [-0.1, -0.05) is 38.0 Å². The normalized spacial score (nSPS) is 22.2. The maximum atomic E-state index is 5.39. The molecule has 4 heteroatoms. The molecule has 0 spiro atoms. The fraction of sp³-hybridized carbons (Fsp3) is 0.562. The van der Waals surface area contributed by atoms with Crippen LogP contribution in [0.4, 0.5) is 0 Å². The van der Waals surface area contributed by atoms with Gasteiger partial charge in [0, 0.05) is 23.2 Å². The minimum atomic E-state index is 0.561. The molecule has 0 amide bonds. The van der Waals surface area contributed by atoms with Crippen LogP contribution in [0.25, 0.3) is 0 Å². The van der Waals surface area contributed by atoms with Crippen molar-refractivity contribution in [3.05, 3.63) is 30.3 Å². The van der Waals surface area contributed by atoms with Crippen molar-refractivity contribution < 1.29 is 0 Å². The summed E-state index contributed by atoms with van der Waals surface area (Å²) in [6.07, 6.45) is 5.27. The lowest BCUT2D eigenvalue weighted by molar-refractivity contribution is 0.308. The van der Waals surface area contributed by atoms with Crippen LogP contribution in [-0.2, 0) is 0 Å². The number of hydrogen-bond acceptors (Lipinski definition) is 2. The Morgan fingerprint density at radius 3 is 2.75 bits per heavy atom. The Bertz CT molecular complexity index is 408. The molecule has 1 aliphatic carbocycles. The highest BCUT2D eigenvalue weighted by atomic mass is 32.2. The molecule has 2 nitrogen and oxygen atoms in total. The summed E-state index contributed by atoms with van der Waals surface area (Å²) in [4.78, 5) is 1.31. The van der Waals surface area contributed by atoms with Crippen molar-refractivity contribution in [3.63, 3.8) is 0 Å². The zero-order valence-electron chi connectivity index (χ0n) is 12.1. The summed E-state index contributed by atoms with van der Waals surface area (Å²) in [7, 11) is 0. The van der Waals surface area contributed by atoms with Crippen molar-refractivity contribution >= 4 is 29.1 Å². The number of thiocarbonyl (C=S) groups is 1. The van der Waals surface area contributed by atoms with Gasteiger partial charge in [0.05, 0.1) is 0 Å². The van der Waals surface area contributed by atoms with E-state index in [1.54, 1.807) is 0 Å². The van der Waals surface area contributed by atoms with Crippen molar-refractivity contribution in [1.29, 1.82) is 0 Å². The lowest BCUT2D eigenvalue weighted by Gasteiger charge is -2.30. The van der Waals surface area contributed by atoms with Gasteiger partial charge in [0.25, 0.3) is 0 Å². The molecule has 0 unspecified atom stereocenters. The smallest absolute Gasteiger partial charge is 0.166 e. The van der Waals surface area contributed by atoms with Crippen molar-refractivity contribution in [2.75, 3.05) is 12.3 Å². The minimum absolute atomic E-state index is 0.561. The quantitative estimate of drug-likeness (QED) is 0.490. The van der Waals surface area contributed by atoms with E-state index in [-0.39, 0.29) is 0 Å². The molecule has 1 aromatic rings. The summed E-state index contributed by atoms with van der Waals surface area (Å²) >= 11 is 7.25. The molecule has 1 fully saturated rings. The van der Waals surface area contributed by atoms with Crippen molar-refractivity contribution in [1.82, 2.24) is 10.6 Å². The fourth-order valence-corrected chi connectivity index (χ4v) is 3.64. The van der Waals surface area contributed by atoms with E-state index >= 15 is 0 Å². The summed E-state index contributed by atoms with van der Waals surface area (Å²) in [5.74, 6) is 1.77. The van der Waals surface area contributed by atoms with Crippen LogP contribution in [0.15, 0.2) is 35.2 Å². The van der Waals surface area contributed by atoms with Crippen LogP contribution in [0.5, 0.6) is 0 Å². The van der Waals surface area contributed by atoms with E-state index in [1.165, 1.54) is 30.6 Å². The third-order valence-corrected chi connectivity index (χ3v) is 5.10. The van der Waals surface area contributed by atoms with Gasteiger partial charge in [0.2, 0.25) is 0 Å². The van der Waals surface area contributed by atoms with Crippen LogP contribution >= 0.6 is 24.0 Å². The van der Waals surface area contributed by atoms with Crippen LogP contribution in [-0.4, -0.2) is 23.5 Å². The fourth-order valence-electron chi connectivity index (χ4n) is 2.60. The van der Waals surface area contributed by atoms with Crippen molar-refractivity contribution in [3.8, 4) is 0 Å². The Kier molecular flexibility index (Phi) is 6.67. The molecular formula is C16H24N2S2. The lowest BCUT2D eigenvalue weighted by Crippen LogP contribution is -2.46. The maximum absolute atomic E-state index is 5.39. The van der Waals surface area contributed by atoms with Crippen molar-refractivity contribution in [2.45, 2.75) is 43.5 Å². The van der Waals surface area contributed by atoms with Crippen LogP contribution in [0, 0.1) is 5.92 Å². The molecule has 2 N–H and O–H groups in total. The molecule has 2 rings (SSSR count). The molecule has 2 atom stereocenters. The molecule has 1 saturated carbocycles. The van der Waals surface area contributed by atoms with Gasteiger partial charge < -0.3 is 10.6 Å². The summed E-state index contributed by atoms with van der Waals surface area (Å²) in [5, 5.41) is 7.62. The van der Waals surface area contributed by atoms with Crippen LogP contribution in [0.3, 0.4) is 0 Å². The summed E-state index contributed by atoms with van der Waals surface area (Å²) in [6, 6.07) is 11.0. The van der Waals surface area contributed by atoms with Gasteiger partial charge in [0.15, 0.2) is 5.11 Å². The van der Waals surface area contributed by atoms with E-state index in [9.17, 15) is 0 Å². The molecule has 20 heavy (non-hydrogen) atoms. The van der Waals surface area contributed by atoms with E-state index in [4.69, 9.17) is 12.2 Å². The second-order valence-electron chi connectivity index (χ2n) is 5.43. The number of thioether (sulfide) groups is 1. The van der Waals surface area contributed by atoms with Crippen LogP contribution in [0.2, 0.25) is 0 Å². The highest BCUT2D eigenvalue weighted by Gasteiger charge is 2.21. The first-order valence-corrected chi connectivity index (χ1v) is 8.87.